The van der Waals surface area contributed by atoms with E-state index in [1.807, 2.05) is 18.7 Å². The zero-order chi connectivity index (χ0) is 15.7. The summed E-state index contributed by atoms with van der Waals surface area (Å²) in [5.74, 6) is 1.25. The van der Waals surface area contributed by atoms with Crippen molar-refractivity contribution in [1.82, 2.24) is 15.0 Å². The maximum Gasteiger partial charge on any atom is 0.231 e. The van der Waals surface area contributed by atoms with Gasteiger partial charge < -0.3 is 21.3 Å². The minimum Gasteiger partial charge on any atom is -0.370 e. The molecule has 0 unspecified atom stereocenters. The molecule has 8 heteroatoms. The van der Waals surface area contributed by atoms with Crippen molar-refractivity contribution in [2.75, 3.05) is 41.7 Å². The molecule has 1 amide bonds. The number of amides is 1. The van der Waals surface area contributed by atoms with Gasteiger partial charge in [0.25, 0.3) is 0 Å². The number of hydrogen-bond acceptors (Lipinski definition) is 7. The van der Waals surface area contributed by atoms with Crippen LogP contribution in [0, 0.1) is 0 Å². The second-order valence-corrected chi connectivity index (χ2v) is 4.52. The van der Waals surface area contributed by atoms with E-state index in [0.29, 0.717) is 24.4 Å². The maximum absolute atomic E-state index is 10.8. The van der Waals surface area contributed by atoms with Crippen molar-refractivity contribution in [3.8, 4) is 0 Å². The predicted octanol–water partition coefficient (Wildman–Crippen LogP) is 0.827. The first-order valence-corrected chi connectivity index (χ1v) is 7.37. The fourth-order valence-electron chi connectivity index (χ4n) is 1.71. The molecule has 1 aromatic rings. The third-order valence-electron chi connectivity index (χ3n) is 2.86. The molecule has 0 aliphatic heterocycles. The van der Waals surface area contributed by atoms with Gasteiger partial charge in [-0.05, 0) is 20.3 Å². The molecule has 0 bridgehead atoms. The Morgan fingerprint density at radius 1 is 1.05 bits per heavy atom. The van der Waals surface area contributed by atoms with E-state index in [-0.39, 0.29) is 12.3 Å². The topological polar surface area (TPSA) is 109 Å². The second-order valence-electron chi connectivity index (χ2n) is 4.52. The first-order valence-electron chi connectivity index (χ1n) is 7.37. The largest absolute Gasteiger partial charge is 0.370 e. The Morgan fingerprint density at radius 3 is 2.10 bits per heavy atom. The van der Waals surface area contributed by atoms with Gasteiger partial charge in [0.2, 0.25) is 23.8 Å². The van der Waals surface area contributed by atoms with E-state index in [4.69, 9.17) is 5.73 Å². The lowest BCUT2D eigenvalue weighted by molar-refractivity contribution is -0.117. The van der Waals surface area contributed by atoms with Crippen molar-refractivity contribution in [3.63, 3.8) is 0 Å². The number of primary amides is 1. The minimum atomic E-state index is -0.357. The first kappa shape index (κ1) is 16.9. The van der Waals surface area contributed by atoms with Gasteiger partial charge in [-0.25, -0.2) is 0 Å². The van der Waals surface area contributed by atoms with Gasteiger partial charge in [-0.1, -0.05) is 6.92 Å². The average molecular weight is 295 g/mol. The molecule has 8 nitrogen and oxygen atoms in total. The lowest BCUT2D eigenvalue weighted by Gasteiger charge is -2.19. The van der Waals surface area contributed by atoms with Crippen LogP contribution < -0.4 is 21.3 Å². The number of rotatable bonds is 10. The standard InChI is InChI=1S/C13H25N7O/c1-4-8-15-11-17-12(16-9-7-10(14)21)19-13(18-11)20(5-2)6-3/h4-9H2,1-3H3,(H2,14,21)(H2,15,16,17,18,19). The Balaban J connectivity index is 2.88. The van der Waals surface area contributed by atoms with Crippen molar-refractivity contribution < 1.29 is 4.79 Å². The molecule has 1 aromatic heterocycles. The Labute approximate surface area is 125 Å². The number of nitrogens with two attached hydrogens (primary N) is 1. The fourth-order valence-corrected chi connectivity index (χ4v) is 1.71. The van der Waals surface area contributed by atoms with Crippen molar-refractivity contribution in [2.45, 2.75) is 33.6 Å². The van der Waals surface area contributed by atoms with Crippen molar-refractivity contribution >= 4 is 23.8 Å². The Kier molecular flexibility index (Phi) is 7.20. The van der Waals surface area contributed by atoms with E-state index >= 15 is 0 Å². The second kappa shape index (κ2) is 8.93. The molecular weight excluding hydrogens is 270 g/mol. The van der Waals surface area contributed by atoms with Crippen molar-refractivity contribution in [1.29, 1.82) is 0 Å². The van der Waals surface area contributed by atoms with E-state index in [0.717, 1.165) is 26.1 Å². The van der Waals surface area contributed by atoms with Crippen molar-refractivity contribution in [2.24, 2.45) is 5.73 Å². The minimum absolute atomic E-state index is 0.240. The van der Waals surface area contributed by atoms with Crippen LogP contribution in [0.2, 0.25) is 0 Å². The summed E-state index contributed by atoms with van der Waals surface area (Å²) in [7, 11) is 0. The molecular formula is C13H25N7O. The summed E-state index contributed by atoms with van der Waals surface area (Å²) in [6.07, 6.45) is 1.22. The highest BCUT2D eigenvalue weighted by Crippen LogP contribution is 2.13. The van der Waals surface area contributed by atoms with Crippen LogP contribution in [0.1, 0.15) is 33.6 Å². The number of hydrogen-bond donors (Lipinski definition) is 3. The molecule has 1 rings (SSSR count). The number of anilines is 3. The summed E-state index contributed by atoms with van der Waals surface area (Å²) >= 11 is 0. The van der Waals surface area contributed by atoms with Crippen LogP contribution >= 0.6 is 0 Å². The van der Waals surface area contributed by atoms with E-state index in [9.17, 15) is 4.79 Å². The van der Waals surface area contributed by atoms with Gasteiger partial charge in [0.1, 0.15) is 0 Å². The van der Waals surface area contributed by atoms with E-state index in [1.54, 1.807) is 0 Å². The van der Waals surface area contributed by atoms with E-state index < -0.39 is 0 Å². The van der Waals surface area contributed by atoms with E-state index in [2.05, 4.69) is 32.5 Å². The highest BCUT2D eigenvalue weighted by Gasteiger charge is 2.11. The van der Waals surface area contributed by atoms with Crippen LogP contribution in [0.4, 0.5) is 17.8 Å². The van der Waals surface area contributed by atoms with Crippen LogP contribution in [-0.4, -0.2) is 47.0 Å². The number of carbonyl (C=O) groups is 1. The lowest BCUT2D eigenvalue weighted by atomic mass is 10.4. The van der Waals surface area contributed by atoms with Gasteiger partial charge >= 0.3 is 0 Å². The van der Waals surface area contributed by atoms with Gasteiger partial charge in [-0.15, -0.1) is 0 Å². The summed E-state index contributed by atoms with van der Waals surface area (Å²) in [6.45, 7) is 9.00. The van der Waals surface area contributed by atoms with Crippen LogP contribution in [0.15, 0.2) is 0 Å². The third kappa shape index (κ3) is 5.80. The molecule has 0 fully saturated rings. The lowest BCUT2D eigenvalue weighted by Crippen LogP contribution is -2.26. The highest BCUT2D eigenvalue weighted by atomic mass is 16.1. The quantitative estimate of drug-likeness (QED) is 0.586. The molecule has 0 aliphatic rings. The first-order chi connectivity index (χ1) is 10.1. The third-order valence-corrected chi connectivity index (χ3v) is 2.86. The maximum atomic E-state index is 10.8. The highest BCUT2D eigenvalue weighted by molar-refractivity contribution is 5.74. The molecule has 0 atom stereocenters. The Bertz CT molecular complexity index is 448. The van der Waals surface area contributed by atoms with Gasteiger partial charge in [0.15, 0.2) is 0 Å². The zero-order valence-electron chi connectivity index (χ0n) is 13.0. The van der Waals surface area contributed by atoms with Crippen LogP contribution in [0.25, 0.3) is 0 Å². The molecule has 0 spiro atoms. The number of nitrogens with zero attached hydrogens (tertiary/aromatic N) is 4. The summed E-state index contributed by atoms with van der Waals surface area (Å²) in [4.78, 5) is 25.9. The summed E-state index contributed by atoms with van der Waals surface area (Å²) in [5.41, 5.74) is 5.12. The Morgan fingerprint density at radius 2 is 1.62 bits per heavy atom. The summed E-state index contributed by atoms with van der Waals surface area (Å²) in [6, 6.07) is 0. The molecule has 4 N–H and O–H groups in total. The fraction of sp³-hybridized carbons (Fsp3) is 0.692. The smallest absolute Gasteiger partial charge is 0.231 e. The number of carbonyl (C=O) groups excluding carboxylic acids is 1. The number of aromatic nitrogens is 3. The summed E-state index contributed by atoms with van der Waals surface area (Å²) in [5, 5.41) is 6.16. The Hall–Kier alpha value is -2.12. The normalized spacial score (nSPS) is 10.2. The molecule has 118 valence electrons. The average Bonchev–Trinajstić information content (AvgIpc) is 2.46. The van der Waals surface area contributed by atoms with E-state index in [1.165, 1.54) is 0 Å². The zero-order valence-corrected chi connectivity index (χ0v) is 13.0. The van der Waals surface area contributed by atoms with Crippen LogP contribution in [0.3, 0.4) is 0 Å². The monoisotopic (exact) mass is 295 g/mol. The number of nitrogens with one attached hydrogen (secondary N) is 2. The summed E-state index contributed by atoms with van der Waals surface area (Å²) < 4.78 is 0. The SMILES string of the molecule is CCCNc1nc(NCCC(N)=O)nc(N(CC)CC)n1. The molecule has 0 aromatic carbocycles. The molecule has 0 radical (unpaired) electrons. The molecule has 0 saturated heterocycles. The van der Waals surface area contributed by atoms with Gasteiger partial charge in [-0.3, -0.25) is 4.79 Å². The van der Waals surface area contributed by atoms with Gasteiger partial charge in [0, 0.05) is 32.6 Å². The van der Waals surface area contributed by atoms with Crippen molar-refractivity contribution in [3.05, 3.63) is 0 Å². The predicted molar refractivity (Wildman–Crippen MR) is 84.5 cm³/mol. The van der Waals surface area contributed by atoms with Crippen LogP contribution in [-0.2, 0) is 4.79 Å². The molecule has 21 heavy (non-hydrogen) atoms. The van der Waals surface area contributed by atoms with Crippen LogP contribution in [0.5, 0.6) is 0 Å². The molecule has 1 heterocycles. The molecule has 0 aliphatic carbocycles. The van der Waals surface area contributed by atoms with Gasteiger partial charge in [-0.2, -0.15) is 15.0 Å². The van der Waals surface area contributed by atoms with Gasteiger partial charge in [0.05, 0.1) is 0 Å². The molecule has 0 saturated carbocycles.